The molecule has 1 aliphatic rings. The lowest BCUT2D eigenvalue weighted by Crippen LogP contribution is -2.46. The molecule has 1 heterocycles. The van der Waals surface area contributed by atoms with Gasteiger partial charge in [-0.25, -0.2) is 0 Å². The lowest BCUT2D eigenvalue weighted by atomic mass is 9.78. The first-order valence-corrected chi connectivity index (χ1v) is 11.4. The molecule has 0 fully saturated rings. The molecule has 2 amide bonds. The topological polar surface area (TPSA) is 77.5 Å². The Hall–Kier alpha value is -4.20. The Morgan fingerprint density at radius 1 is 0.806 bits per heavy atom. The summed E-state index contributed by atoms with van der Waals surface area (Å²) >= 11 is 0. The summed E-state index contributed by atoms with van der Waals surface area (Å²) in [6, 6.07) is 17.5. The molecule has 0 spiro atoms. The Labute approximate surface area is 210 Å². The van der Waals surface area contributed by atoms with Gasteiger partial charge in [-0.05, 0) is 59.7 Å². The van der Waals surface area contributed by atoms with E-state index in [0.29, 0.717) is 39.8 Å². The Kier molecular flexibility index (Phi) is 7.05. The van der Waals surface area contributed by atoms with Crippen molar-refractivity contribution in [2.24, 2.45) is 0 Å². The van der Waals surface area contributed by atoms with E-state index < -0.39 is 12.0 Å². The summed E-state index contributed by atoms with van der Waals surface area (Å²) in [5.74, 6) is 1.18. The molecule has 8 heteroatoms. The van der Waals surface area contributed by atoms with Gasteiger partial charge in [0.2, 0.25) is 5.91 Å². The number of amides is 2. The molecule has 4 rings (SSSR count). The molecule has 8 nitrogen and oxygen atoms in total. The third-order valence-electron chi connectivity index (χ3n) is 6.69. The molecule has 3 aromatic rings. The Morgan fingerprint density at radius 3 is 1.86 bits per heavy atom. The van der Waals surface area contributed by atoms with Crippen LogP contribution < -0.4 is 23.8 Å². The van der Waals surface area contributed by atoms with Crippen LogP contribution >= 0.6 is 0 Å². The van der Waals surface area contributed by atoms with E-state index >= 15 is 0 Å². The van der Waals surface area contributed by atoms with Crippen LogP contribution in [0.25, 0.3) is 0 Å². The molecule has 0 saturated carbocycles. The third kappa shape index (κ3) is 4.30. The Balaban J connectivity index is 1.88. The molecule has 0 N–H and O–H groups in total. The van der Waals surface area contributed by atoms with Crippen molar-refractivity contribution in [1.82, 2.24) is 4.90 Å². The van der Waals surface area contributed by atoms with Crippen LogP contribution in [-0.2, 0) is 4.79 Å². The Bertz CT molecular complexity index is 1260. The number of hydrogen-bond acceptors (Lipinski definition) is 6. The summed E-state index contributed by atoms with van der Waals surface area (Å²) in [7, 11) is 9.68. The summed E-state index contributed by atoms with van der Waals surface area (Å²) < 4.78 is 21.5. The molecule has 0 saturated heterocycles. The normalized spacial score (nSPS) is 16.7. The predicted molar refractivity (Wildman–Crippen MR) is 137 cm³/mol. The molecular formula is C28H30N2O6. The van der Waals surface area contributed by atoms with Crippen LogP contribution in [0.5, 0.6) is 23.0 Å². The highest BCUT2D eigenvalue weighted by atomic mass is 16.5. The second kappa shape index (κ2) is 10.2. The molecular weight excluding hydrogens is 460 g/mol. The minimum Gasteiger partial charge on any atom is -0.497 e. The van der Waals surface area contributed by atoms with Crippen LogP contribution in [0.4, 0.5) is 5.69 Å². The summed E-state index contributed by atoms with van der Waals surface area (Å²) in [5.41, 5.74) is 2.51. The third-order valence-corrected chi connectivity index (χ3v) is 6.69. The van der Waals surface area contributed by atoms with Crippen LogP contribution in [-0.4, -0.2) is 59.2 Å². The second-order valence-corrected chi connectivity index (χ2v) is 8.50. The molecule has 1 aliphatic heterocycles. The fraction of sp³-hybridized carbons (Fsp3) is 0.286. The van der Waals surface area contributed by atoms with Crippen molar-refractivity contribution in [2.75, 3.05) is 47.4 Å². The van der Waals surface area contributed by atoms with Gasteiger partial charge >= 0.3 is 0 Å². The maximum Gasteiger partial charge on any atom is 0.254 e. The smallest absolute Gasteiger partial charge is 0.254 e. The van der Waals surface area contributed by atoms with E-state index in [1.165, 1.54) is 14.2 Å². The number of fused-ring (bicyclic) bond motifs is 1. The van der Waals surface area contributed by atoms with Gasteiger partial charge in [0.05, 0.1) is 40.4 Å². The van der Waals surface area contributed by atoms with Crippen LogP contribution in [0.3, 0.4) is 0 Å². The van der Waals surface area contributed by atoms with Gasteiger partial charge in [0.25, 0.3) is 5.91 Å². The average molecular weight is 491 g/mol. The van der Waals surface area contributed by atoms with E-state index in [4.69, 9.17) is 18.9 Å². The quantitative estimate of drug-likeness (QED) is 0.492. The Morgan fingerprint density at radius 2 is 1.33 bits per heavy atom. The van der Waals surface area contributed by atoms with Gasteiger partial charge in [-0.1, -0.05) is 12.1 Å². The molecule has 0 aromatic heterocycles. The first kappa shape index (κ1) is 24.9. The number of anilines is 1. The largest absolute Gasteiger partial charge is 0.497 e. The van der Waals surface area contributed by atoms with Crippen LogP contribution in [0.2, 0.25) is 0 Å². The lowest BCUT2D eigenvalue weighted by molar-refractivity contribution is -0.121. The lowest BCUT2D eigenvalue weighted by Gasteiger charge is -2.41. The van der Waals surface area contributed by atoms with E-state index in [-0.39, 0.29) is 11.8 Å². The minimum atomic E-state index is -0.706. The van der Waals surface area contributed by atoms with Crippen molar-refractivity contribution in [1.29, 1.82) is 0 Å². The summed E-state index contributed by atoms with van der Waals surface area (Å²) in [4.78, 5) is 30.9. The van der Waals surface area contributed by atoms with E-state index in [0.717, 1.165) is 5.56 Å². The molecule has 0 aliphatic carbocycles. The number of carbonyl (C=O) groups is 2. The summed E-state index contributed by atoms with van der Waals surface area (Å²) in [5, 5.41) is 0. The number of carbonyl (C=O) groups excluding carboxylic acids is 2. The van der Waals surface area contributed by atoms with Crippen LogP contribution in [0, 0.1) is 0 Å². The monoisotopic (exact) mass is 490 g/mol. The highest BCUT2D eigenvalue weighted by Crippen LogP contribution is 2.46. The van der Waals surface area contributed by atoms with Crippen molar-refractivity contribution >= 4 is 17.5 Å². The number of benzene rings is 3. The zero-order valence-corrected chi connectivity index (χ0v) is 21.3. The van der Waals surface area contributed by atoms with E-state index in [1.54, 1.807) is 62.4 Å². The standard InChI is InChI=1S/C28H30N2O6/c1-29(18-9-13-20(34-4)14-10-18)28(32)25-21-15-23(35-5)24(36-6)16-22(21)27(31)30(2)26(25)17-7-11-19(33-3)12-8-17/h7-16,25-26H,1-6H3. The second-order valence-electron chi connectivity index (χ2n) is 8.50. The van der Waals surface area contributed by atoms with Gasteiger partial charge in [0.15, 0.2) is 11.5 Å². The SMILES string of the molecule is COc1ccc(C2C(C(=O)N(C)c3ccc(OC)cc3)c3cc(OC)c(OC)cc3C(=O)N2C)cc1. The summed E-state index contributed by atoms with van der Waals surface area (Å²) in [6.07, 6.45) is 0. The average Bonchev–Trinajstić information content (AvgIpc) is 2.93. The number of rotatable bonds is 7. The fourth-order valence-corrected chi connectivity index (χ4v) is 4.67. The molecule has 0 bridgehead atoms. The van der Waals surface area contributed by atoms with Crippen LogP contribution in [0.15, 0.2) is 60.7 Å². The van der Waals surface area contributed by atoms with Gasteiger partial charge in [0.1, 0.15) is 11.5 Å². The number of methoxy groups -OCH3 is 4. The molecule has 36 heavy (non-hydrogen) atoms. The fourth-order valence-electron chi connectivity index (χ4n) is 4.67. The molecule has 0 radical (unpaired) electrons. The number of likely N-dealkylation sites (N-methyl/N-ethyl adjacent to an activating group) is 2. The van der Waals surface area contributed by atoms with Gasteiger partial charge < -0.3 is 28.7 Å². The zero-order chi connectivity index (χ0) is 26.0. The maximum atomic E-state index is 14.2. The van der Waals surface area contributed by atoms with Gasteiger partial charge in [-0.15, -0.1) is 0 Å². The van der Waals surface area contributed by atoms with E-state index in [1.807, 2.05) is 36.4 Å². The first-order valence-electron chi connectivity index (χ1n) is 11.4. The van der Waals surface area contributed by atoms with Gasteiger partial charge in [0, 0.05) is 25.3 Å². The number of nitrogens with zero attached hydrogens (tertiary/aromatic N) is 2. The van der Waals surface area contributed by atoms with Crippen molar-refractivity contribution in [3.8, 4) is 23.0 Å². The highest BCUT2D eigenvalue weighted by molar-refractivity contribution is 6.05. The molecule has 2 atom stereocenters. The highest BCUT2D eigenvalue weighted by Gasteiger charge is 2.44. The molecule has 2 unspecified atom stereocenters. The number of hydrogen-bond donors (Lipinski definition) is 0. The summed E-state index contributed by atoms with van der Waals surface area (Å²) in [6.45, 7) is 0. The van der Waals surface area contributed by atoms with Crippen molar-refractivity contribution in [3.63, 3.8) is 0 Å². The van der Waals surface area contributed by atoms with Gasteiger partial charge in [-0.2, -0.15) is 0 Å². The first-order chi connectivity index (χ1) is 17.3. The minimum absolute atomic E-state index is 0.172. The molecule has 188 valence electrons. The van der Waals surface area contributed by atoms with E-state index in [2.05, 4.69) is 0 Å². The van der Waals surface area contributed by atoms with Crippen molar-refractivity contribution in [3.05, 3.63) is 77.4 Å². The predicted octanol–water partition coefficient (Wildman–Crippen LogP) is 4.29. The molecule has 3 aromatic carbocycles. The number of ether oxygens (including phenoxy) is 4. The van der Waals surface area contributed by atoms with Crippen LogP contribution in [0.1, 0.15) is 33.4 Å². The maximum absolute atomic E-state index is 14.2. The van der Waals surface area contributed by atoms with E-state index in [9.17, 15) is 9.59 Å². The van der Waals surface area contributed by atoms with Gasteiger partial charge in [-0.3, -0.25) is 9.59 Å². The van der Waals surface area contributed by atoms with Crippen molar-refractivity contribution < 1.29 is 28.5 Å². The van der Waals surface area contributed by atoms with Crippen molar-refractivity contribution in [2.45, 2.75) is 12.0 Å². The zero-order valence-electron chi connectivity index (χ0n) is 21.3.